The third kappa shape index (κ3) is 3.67. The van der Waals surface area contributed by atoms with Gasteiger partial charge in [-0.05, 0) is 23.8 Å². The van der Waals surface area contributed by atoms with Crippen molar-refractivity contribution in [3.05, 3.63) is 89.7 Å². The van der Waals surface area contributed by atoms with Gasteiger partial charge in [-0.1, -0.05) is 42.5 Å². The molecule has 7 heteroatoms. The number of amides is 1. The highest BCUT2D eigenvalue weighted by Gasteiger charge is 2.35. The lowest BCUT2D eigenvalue weighted by atomic mass is 10.1. The minimum atomic E-state index is -4.43. The molecule has 28 heavy (non-hydrogen) atoms. The highest BCUT2D eigenvalue weighted by atomic mass is 32.2. The second-order valence-corrected chi connectivity index (χ2v) is 7.61. The van der Waals surface area contributed by atoms with E-state index in [1.165, 1.54) is 28.5 Å². The van der Waals surface area contributed by atoms with Crippen LogP contribution in [0, 0.1) is 0 Å². The van der Waals surface area contributed by atoms with Crippen LogP contribution in [0.3, 0.4) is 0 Å². The molecule has 0 aliphatic carbocycles. The van der Waals surface area contributed by atoms with E-state index in [-0.39, 0.29) is 17.0 Å². The van der Waals surface area contributed by atoms with Gasteiger partial charge in [-0.25, -0.2) is 0 Å². The molecule has 3 aromatic rings. The smallest absolute Gasteiger partial charge is 0.323 e. The SMILES string of the molecule is O=C1CS[C@H](c2ccn(-c3ccccc3C(F)(F)F)c2)N1Cc1ccccc1. The Labute approximate surface area is 164 Å². The van der Waals surface area contributed by atoms with Gasteiger partial charge in [0, 0.05) is 24.5 Å². The zero-order chi connectivity index (χ0) is 19.7. The Kier molecular flexibility index (Phi) is 4.93. The average molecular weight is 402 g/mol. The summed E-state index contributed by atoms with van der Waals surface area (Å²) in [6.07, 6.45) is -1.14. The van der Waals surface area contributed by atoms with Crippen molar-refractivity contribution < 1.29 is 18.0 Å². The topological polar surface area (TPSA) is 25.2 Å². The molecule has 1 amide bonds. The van der Waals surface area contributed by atoms with Gasteiger partial charge in [0.2, 0.25) is 5.91 Å². The number of carbonyl (C=O) groups excluding carboxylic acids is 1. The van der Waals surface area contributed by atoms with E-state index in [0.29, 0.717) is 12.3 Å². The number of para-hydroxylation sites is 1. The number of benzene rings is 2. The van der Waals surface area contributed by atoms with E-state index in [1.807, 2.05) is 30.3 Å². The van der Waals surface area contributed by atoms with Crippen LogP contribution in [0.2, 0.25) is 0 Å². The summed E-state index contributed by atoms with van der Waals surface area (Å²) in [4.78, 5) is 14.1. The zero-order valence-corrected chi connectivity index (χ0v) is 15.6. The lowest BCUT2D eigenvalue weighted by Gasteiger charge is -2.23. The third-order valence-electron chi connectivity index (χ3n) is 4.65. The van der Waals surface area contributed by atoms with Crippen LogP contribution in [0.4, 0.5) is 13.2 Å². The molecule has 0 spiro atoms. The molecule has 0 N–H and O–H groups in total. The van der Waals surface area contributed by atoms with Crippen LogP contribution in [0.5, 0.6) is 0 Å². The Morgan fingerprint density at radius 3 is 2.46 bits per heavy atom. The quantitative estimate of drug-likeness (QED) is 0.594. The molecule has 1 atom stereocenters. The van der Waals surface area contributed by atoms with Crippen LogP contribution in [0.15, 0.2) is 73.1 Å². The predicted octanol–water partition coefficient (Wildman–Crippen LogP) is 5.27. The largest absolute Gasteiger partial charge is 0.418 e. The normalized spacial score (nSPS) is 17.3. The van der Waals surface area contributed by atoms with Crippen LogP contribution >= 0.6 is 11.8 Å². The van der Waals surface area contributed by atoms with Crippen LogP contribution in [-0.2, 0) is 17.5 Å². The Morgan fingerprint density at radius 1 is 1.00 bits per heavy atom. The highest BCUT2D eigenvalue weighted by Crippen LogP contribution is 2.40. The van der Waals surface area contributed by atoms with Crippen LogP contribution in [0.1, 0.15) is 22.1 Å². The maximum Gasteiger partial charge on any atom is 0.418 e. The Hall–Kier alpha value is -2.67. The first-order chi connectivity index (χ1) is 13.4. The molecule has 144 valence electrons. The van der Waals surface area contributed by atoms with Crippen LogP contribution < -0.4 is 0 Å². The van der Waals surface area contributed by atoms with Crippen molar-refractivity contribution >= 4 is 17.7 Å². The minimum absolute atomic E-state index is 0.0299. The summed E-state index contributed by atoms with van der Waals surface area (Å²) in [5.41, 5.74) is 1.22. The molecule has 1 aromatic heterocycles. The lowest BCUT2D eigenvalue weighted by Crippen LogP contribution is -2.27. The third-order valence-corrected chi connectivity index (χ3v) is 5.91. The number of hydrogen-bond acceptors (Lipinski definition) is 2. The number of hydrogen-bond donors (Lipinski definition) is 0. The van der Waals surface area contributed by atoms with Crippen molar-refractivity contribution in [2.24, 2.45) is 0 Å². The van der Waals surface area contributed by atoms with E-state index in [9.17, 15) is 18.0 Å². The minimum Gasteiger partial charge on any atom is -0.323 e. The summed E-state index contributed by atoms with van der Waals surface area (Å²) in [7, 11) is 0. The molecule has 1 aliphatic rings. The van der Waals surface area contributed by atoms with Gasteiger partial charge >= 0.3 is 6.18 Å². The van der Waals surface area contributed by atoms with Gasteiger partial charge < -0.3 is 9.47 Å². The summed E-state index contributed by atoms with van der Waals surface area (Å²) >= 11 is 1.49. The number of rotatable bonds is 4. The second kappa shape index (κ2) is 7.39. The molecule has 2 heterocycles. The fourth-order valence-corrected chi connectivity index (χ4v) is 4.50. The highest BCUT2D eigenvalue weighted by molar-refractivity contribution is 8.00. The van der Waals surface area contributed by atoms with Crippen molar-refractivity contribution in [1.29, 1.82) is 0 Å². The Balaban J connectivity index is 1.63. The van der Waals surface area contributed by atoms with Gasteiger partial charge in [-0.15, -0.1) is 11.8 Å². The lowest BCUT2D eigenvalue weighted by molar-refractivity contribution is -0.137. The molecular weight excluding hydrogens is 385 g/mol. The van der Waals surface area contributed by atoms with E-state index in [2.05, 4.69) is 0 Å². The van der Waals surface area contributed by atoms with E-state index >= 15 is 0 Å². The van der Waals surface area contributed by atoms with Gasteiger partial charge in [0.15, 0.2) is 0 Å². The molecule has 3 nitrogen and oxygen atoms in total. The Morgan fingerprint density at radius 2 is 1.71 bits per heavy atom. The number of nitrogens with zero attached hydrogens (tertiary/aromatic N) is 2. The van der Waals surface area contributed by atoms with E-state index in [4.69, 9.17) is 0 Å². The molecule has 1 fully saturated rings. The number of aromatic nitrogens is 1. The summed E-state index contributed by atoms with van der Waals surface area (Å²) in [6, 6.07) is 16.9. The molecule has 1 aliphatic heterocycles. The van der Waals surface area contributed by atoms with Crippen molar-refractivity contribution in [2.75, 3.05) is 5.75 Å². The molecule has 0 unspecified atom stereocenters. The van der Waals surface area contributed by atoms with Crippen LogP contribution in [0.25, 0.3) is 5.69 Å². The summed E-state index contributed by atoms with van der Waals surface area (Å²) in [5, 5.41) is -0.216. The van der Waals surface area contributed by atoms with Crippen molar-refractivity contribution in [2.45, 2.75) is 18.1 Å². The van der Waals surface area contributed by atoms with E-state index in [1.54, 1.807) is 29.4 Å². The fraction of sp³-hybridized carbons (Fsp3) is 0.190. The molecule has 2 aromatic carbocycles. The van der Waals surface area contributed by atoms with Gasteiger partial charge in [-0.3, -0.25) is 4.79 Å². The van der Waals surface area contributed by atoms with Gasteiger partial charge in [0.1, 0.15) is 5.37 Å². The summed E-state index contributed by atoms with van der Waals surface area (Å²) in [5.74, 6) is 0.393. The first kappa shape index (κ1) is 18.7. The number of carbonyl (C=O) groups is 1. The number of thioether (sulfide) groups is 1. The van der Waals surface area contributed by atoms with Crippen molar-refractivity contribution in [3.63, 3.8) is 0 Å². The molecule has 0 radical (unpaired) electrons. The van der Waals surface area contributed by atoms with Gasteiger partial charge in [0.25, 0.3) is 0 Å². The fourth-order valence-electron chi connectivity index (χ4n) is 3.33. The van der Waals surface area contributed by atoms with E-state index in [0.717, 1.165) is 17.2 Å². The monoisotopic (exact) mass is 402 g/mol. The molecule has 0 bridgehead atoms. The van der Waals surface area contributed by atoms with E-state index < -0.39 is 11.7 Å². The predicted molar refractivity (Wildman–Crippen MR) is 103 cm³/mol. The van der Waals surface area contributed by atoms with Crippen LogP contribution in [-0.4, -0.2) is 21.1 Å². The Bertz CT molecular complexity index is 985. The van der Waals surface area contributed by atoms with Gasteiger partial charge in [0.05, 0.1) is 17.0 Å². The molecule has 1 saturated heterocycles. The average Bonchev–Trinajstić information content (AvgIpc) is 3.30. The number of halogens is 3. The maximum absolute atomic E-state index is 13.3. The summed E-state index contributed by atoms with van der Waals surface area (Å²) in [6.45, 7) is 0.474. The van der Waals surface area contributed by atoms with Crippen molar-refractivity contribution in [3.8, 4) is 5.69 Å². The van der Waals surface area contributed by atoms with Crippen molar-refractivity contribution in [1.82, 2.24) is 9.47 Å². The molecule has 4 rings (SSSR count). The first-order valence-corrected chi connectivity index (χ1v) is 9.78. The molecule has 0 saturated carbocycles. The standard InChI is InChI=1S/C21H17F3N2OS/c22-21(23,24)17-8-4-5-9-18(17)25-11-10-16(13-25)20-26(19(27)14-28-20)12-15-6-2-1-3-7-15/h1-11,13,20H,12,14H2/t20-/m1/s1. The number of alkyl halides is 3. The second-order valence-electron chi connectivity index (χ2n) is 6.54. The molecular formula is C21H17F3N2OS. The maximum atomic E-state index is 13.3. The zero-order valence-electron chi connectivity index (χ0n) is 14.8. The summed E-state index contributed by atoms with van der Waals surface area (Å²) < 4.78 is 41.5. The first-order valence-electron chi connectivity index (χ1n) is 8.73. The van der Waals surface area contributed by atoms with Gasteiger partial charge in [-0.2, -0.15) is 13.2 Å².